The molecule has 2 aromatic rings. The number of nitrogens with zero attached hydrogens (tertiary/aromatic N) is 3. The van der Waals surface area contributed by atoms with Crippen molar-refractivity contribution < 1.29 is 24.2 Å². The van der Waals surface area contributed by atoms with Crippen LogP contribution in [-0.2, 0) is 25.7 Å². The molecule has 8 nitrogen and oxygen atoms in total. The highest BCUT2D eigenvalue weighted by molar-refractivity contribution is 6.34. The fraction of sp³-hybridized carbons (Fsp3) is 0.441. The van der Waals surface area contributed by atoms with E-state index in [1.165, 1.54) is 4.90 Å². The number of aliphatic hydroxyl groups is 1. The van der Waals surface area contributed by atoms with Gasteiger partial charge in [0.25, 0.3) is 5.91 Å². The molecule has 1 spiro atoms. The van der Waals surface area contributed by atoms with Gasteiger partial charge in [0, 0.05) is 19.6 Å². The van der Waals surface area contributed by atoms with Gasteiger partial charge in [-0.25, -0.2) is 0 Å². The van der Waals surface area contributed by atoms with E-state index in [1.54, 1.807) is 34.9 Å². The van der Waals surface area contributed by atoms with Gasteiger partial charge in [-0.1, -0.05) is 66.2 Å². The minimum absolute atomic E-state index is 0.153. The average molecular weight is 606 g/mol. The Morgan fingerprint density at radius 1 is 1.12 bits per heavy atom. The number of anilines is 1. The lowest BCUT2D eigenvalue weighted by atomic mass is 9.66. The van der Waals surface area contributed by atoms with Crippen LogP contribution >= 0.6 is 11.6 Å². The third kappa shape index (κ3) is 4.99. The molecular weight excluding hydrogens is 566 g/mol. The summed E-state index contributed by atoms with van der Waals surface area (Å²) in [6.07, 6.45) is 4.23. The Kier molecular flexibility index (Phi) is 8.58. The summed E-state index contributed by atoms with van der Waals surface area (Å²) < 4.78 is 6.81. The van der Waals surface area contributed by atoms with E-state index in [9.17, 15) is 19.5 Å². The largest absolute Gasteiger partial charge is 0.394 e. The molecule has 3 heterocycles. The normalized spacial score (nSPS) is 28.0. The molecule has 6 atom stereocenters. The van der Waals surface area contributed by atoms with Crippen molar-refractivity contribution in [2.24, 2.45) is 11.8 Å². The van der Waals surface area contributed by atoms with E-state index in [0.717, 1.165) is 11.1 Å². The SMILES string of the molecule is C=CCN(Cc1ccccc1)C(=O)[C@H]1[C@H]2C(=O)N([C@H](C)CO)C(C(=O)N(CC=C)c3c(C)cccc3Cl)C23CC[C@]1(C)O3. The maximum Gasteiger partial charge on any atom is 0.253 e. The second-order valence-electron chi connectivity index (χ2n) is 12.1. The number of hydrogen-bond donors (Lipinski definition) is 1. The second-order valence-corrected chi connectivity index (χ2v) is 12.5. The summed E-state index contributed by atoms with van der Waals surface area (Å²) in [6.45, 7) is 13.6. The summed E-state index contributed by atoms with van der Waals surface area (Å²) in [5.74, 6) is -2.63. The van der Waals surface area contributed by atoms with Crippen LogP contribution in [0.2, 0.25) is 5.02 Å². The maximum absolute atomic E-state index is 14.8. The van der Waals surface area contributed by atoms with Crippen LogP contribution in [0.3, 0.4) is 0 Å². The number of carbonyl (C=O) groups is 3. The first-order chi connectivity index (χ1) is 20.5. The van der Waals surface area contributed by atoms with Gasteiger partial charge in [0.1, 0.15) is 11.6 Å². The van der Waals surface area contributed by atoms with Gasteiger partial charge in [0.15, 0.2) is 0 Å². The van der Waals surface area contributed by atoms with E-state index in [4.69, 9.17) is 16.3 Å². The highest BCUT2D eigenvalue weighted by atomic mass is 35.5. The van der Waals surface area contributed by atoms with Crippen molar-refractivity contribution in [2.75, 3.05) is 24.6 Å². The zero-order valence-corrected chi connectivity index (χ0v) is 25.8. The van der Waals surface area contributed by atoms with Crippen LogP contribution in [0, 0.1) is 18.8 Å². The van der Waals surface area contributed by atoms with Gasteiger partial charge in [0.2, 0.25) is 11.8 Å². The number of aliphatic hydroxyl groups excluding tert-OH is 1. The van der Waals surface area contributed by atoms with Gasteiger partial charge in [-0.15, -0.1) is 13.2 Å². The second kappa shape index (κ2) is 11.9. The molecule has 1 N–H and O–H groups in total. The summed E-state index contributed by atoms with van der Waals surface area (Å²) >= 11 is 6.63. The average Bonchev–Trinajstić information content (AvgIpc) is 3.56. The zero-order valence-electron chi connectivity index (χ0n) is 25.0. The van der Waals surface area contributed by atoms with Gasteiger partial charge in [-0.2, -0.15) is 0 Å². The summed E-state index contributed by atoms with van der Waals surface area (Å²) in [7, 11) is 0. The Bertz CT molecular complexity index is 1410. The highest BCUT2D eigenvalue weighted by Crippen LogP contribution is 2.64. The Labute approximate surface area is 258 Å². The molecule has 3 fully saturated rings. The van der Waals surface area contributed by atoms with Gasteiger partial charge in [0.05, 0.1) is 40.8 Å². The Morgan fingerprint density at radius 3 is 2.44 bits per heavy atom. The molecule has 43 heavy (non-hydrogen) atoms. The maximum atomic E-state index is 14.8. The fourth-order valence-electron chi connectivity index (χ4n) is 7.50. The van der Waals surface area contributed by atoms with Crippen LogP contribution in [0.25, 0.3) is 0 Å². The fourth-order valence-corrected chi connectivity index (χ4v) is 7.83. The van der Waals surface area contributed by atoms with Crippen LogP contribution in [0.4, 0.5) is 5.69 Å². The van der Waals surface area contributed by atoms with Crippen molar-refractivity contribution in [2.45, 2.75) is 63.4 Å². The predicted octanol–water partition coefficient (Wildman–Crippen LogP) is 4.53. The van der Waals surface area contributed by atoms with E-state index in [2.05, 4.69) is 13.2 Å². The Hall–Kier alpha value is -3.46. The third-order valence-corrected chi connectivity index (χ3v) is 9.67. The predicted molar refractivity (Wildman–Crippen MR) is 166 cm³/mol. The molecule has 5 rings (SSSR count). The van der Waals surface area contributed by atoms with Crippen molar-refractivity contribution >= 4 is 35.0 Å². The first-order valence-electron chi connectivity index (χ1n) is 14.8. The van der Waals surface area contributed by atoms with Gasteiger partial charge in [-0.3, -0.25) is 14.4 Å². The van der Waals surface area contributed by atoms with Crippen LogP contribution < -0.4 is 4.90 Å². The van der Waals surface area contributed by atoms with Gasteiger partial charge >= 0.3 is 0 Å². The minimum Gasteiger partial charge on any atom is -0.394 e. The van der Waals surface area contributed by atoms with Crippen LogP contribution in [0.5, 0.6) is 0 Å². The molecule has 9 heteroatoms. The van der Waals surface area contributed by atoms with Crippen molar-refractivity contribution in [1.29, 1.82) is 0 Å². The van der Waals surface area contributed by atoms with E-state index >= 15 is 0 Å². The van der Waals surface area contributed by atoms with Crippen LogP contribution in [0.15, 0.2) is 73.8 Å². The molecule has 3 aliphatic heterocycles. The molecule has 228 valence electrons. The van der Waals surface area contributed by atoms with Crippen LogP contribution in [-0.4, -0.2) is 75.6 Å². The first-order valence-corrected chi connectivity index (χ1v) is 15.2. The highest BCUT2D eigenvalue weighted by Gasteiger charge is 2.78. The number of hydrogen-bond acceptors (Lipinski definition) is 5. The van der Waals surface area contributed by atoms with E-state index in [0.29, 0.717) is 36.6 Å². The summed E-state index contributed by atoms with van der Waals surface area (Å²) in [6, 6.07) is 13.3. The number of fused-ring (bicyclic) bond motifs is 1. The molecule has 0 radical (unpaired) electrons. The summed E-state index contributed by atoms with van der Waals surface area (Å²) in [4.78, 5) is 48.4. The third-order valence-electron chi connectivity index (χ3n) is 9.37. The van der Waals surface area contributed by atoms with E-state index in [-0.39, 0.29) is 30.9 Å². The number of rotatable bonds is 11. The minimum atomic E-state index is -1.24. The molecule has 3 aliphatic rings. The molecule has 0 aromatic heterocycles. The lowest BCUT2D eigenvalue weighted by molar-refractivity contribution is -0.152. The van der Waals surface area contributed by atoms with Crippen molar-refractivity contribution in [1.82, 2.24) is 9.80 Å². The molecular formula is C34H40ClN3O5. The van der Waals surface area contributed by atoms with Crippen LogP contribution in [0.1, 0.15) is 37.8 Å². The smallest absolute Gasteiger partial charge is 0.253 e. The Balaban J connectivity index is 1.59. The Morgan fingerprint density at radius 2 is 1.81 bits per heavy atom. The molecule has 2 unspecified atom stereocenters. The van der Waals surface area contributed by atoms with Gasteiger partial charge in [-0.05, 0) is 50.8 Å². The van der Waals surface area contributed by atoms with Gasteiger partial charge < -0.3 is 24.5 Å². The molecule has 2 bridgehead atoms. The molecule has 3 saturated heterocycles. The first kappa shape index (κ1) is 31.0. The topological polar surface area (TPSA) is 90.4 Å². The van der Waals surface area contributed by atoms with E-state index < -0.39 is 35.1 Å². The molecule has 3 amide bonds. The molecule has 0 saturated carbocycles. The number of benzene rings is 2. The summed E-state index contributed by atoms with van der Waals surface area (Å²) in [5.41, 5.74) is 0.0980. The lowest BCUT2D eigenvalue weighted by Gasteiger charge is -2.39. The number of amides is 3. The quantitative estimate of drug-likeness (QED) is 0.380. The molecule has 0 aliphatic carbocycles. The lowest BCUT2D eigenvalue weighted by Crippen LogP contribution is -2.58. The number of para-hydroxylation sites is 1. The number of aryl methyl sites for hydroxylation is 1. The monoisotopic (exact) mass is 605 g/mol. The number of likely N-dealkylation sites (tertiary alicyclic amines) is 1. The van der Waals surface area contributed by atoms with Crippen molar-refractivity contribution in [3.8, 4) is 0 Å². The number of ether oxygens (including phenoxy) is 1. The van der Waals surface area contributed by atoms with Crippen molar-refractivity contribution in [3.63, 3.8) is 0 Å². The zero-order chi connectivity index (χ0) is 31.1. The summed E-state index contributed by atoms with van der Waals surface area (Å²) in [5, 5.41) is 10.7. The number of halogens is 1. The number of carbonyl (C=O) groups excluding carboxylic acids is 3. The van der Waals surface area contributed by atoms with Crippen molar-refractivity contribution in [3.05, 3.63) is 90.0 Å². The van der Waals surface area contributed by atoms with E-state index in [1.807, 2.05) is 56.3 Å². The standard InChI is InChI=1S/C34H40ClN3O5/c1-6-18-36(20-24-13-9-8-10-14-24)30(40)26-27-31(41)38(23(4)21-39)29(34(27)17-16-33(26,5)43-34)32(42)37(19-7-2)28-22(3)12-11-15-25(28)35/h6-15,23,26-27,29,39H,1-2,16-21H2,3-5H3/t23-,26-,27+,29?,33+,34?/m1/s1. The molecule has 2 aromatic carbocycles.